The third-order valence-corrected chi connectivity index (χ3v) is 2.98. The van der Waals surface area contributed by atoms with Crippen molar-refractivity contribution in [3.05, 3.63) is 0 Å². The summed E-state index contributed by atoms with van der Waals surface area (Å²) in [5.41, 5.74) is 3.98. The highest BCUT2D eigenvalue weighted by molar-refractivity contribution is 5.91. The highest BCUT2D eigenvalue weighted by Crippen LogP contribution is 2.15. The van der Waals surface area contributed by atoms with Crippen LogP contribution in [0, 0.1) is 5.92 Å². The fraction of sp³-hybridized carbons (Fsp3) is 0.727. The van der Waals surface area contributed by atoms with Gasteiger partial charge in [0, 0.05) is 7.11 Å². The highest BCUT2D eigenvalue weighted by Gasteiger charge is 2.37. The molecular weight excluding hydrogens is 254 g/mol. The lowest BCUT2D eigenvalue weighted by atomic mass is 9.88. The zero-order valence-electron chi connectivity index (χ0n) is 11.5. The summed E-state index contributed by atoms with van der Waals surface area (Å²) in [6, 6.07) is -1.99. The van der Waals surface area contributed by atoms with E-state index in [1.165, 1.54) is 14.0 Å². The summed E-state index contributed by atoms with van der Waals surface area (Å²) in [4.78, 5) is 33.9. The molecule has 0 aliphatic heterocycles. The first kappa shape index (κ1) is 17.2. The Kier molecular flexibility index (Phi) is 6.26. The normalized spacial score (nSPS) is 15.4. The summed E-state index contributed by atoms with van der Waals surface area (Å²) in [7, 11) is 1.32. The van der Waals surface area contributed by atoms with Gasteiger partial charge in [-0.25, -0.2) is 9.59 Å². The second-order valence-electron chi connectivity index (χ2n) is 4.67. The van der Waals surface area contributed by atoms with Crippen molar-refractivity contribution in [2.75, 3.05) is 13.7 Å². The van der Waals surface area contributed by atoms with Crippen LogP contribution in [0.5, 0.6) is 0 Å². The van der Waals surface area contributed by atoms with Gasteiger partial charge in [0.2, 0.25) is 5.91 Å². The molecule has 0 saturated carbocycles. The van der Waals surface area contributed by atoms with Crippen LogP contribution in [-0.2, 0) is 14.3 Å². The van der Waals surface area contributed by atoms with Crippen molar-refractivity contribution in [3.63, 3.8) is 0 Å². The van der Waals surface area contributed by atoms with Crippen molar-refractivity contribution >= 4 is 17.9 Å². The van der Waals surface area contributed by atoms with E-state index >= 15 is 0 Å². The third-order valence-electron chi connectivity index (χ3n) is 2.98. The van der Waals surface area contributed by atoms with Crippen molar-refractivity contribution < 1.29 is 24.2 Å². The number of carbonyl (C=O) groups excluding carboxylic acids is 2. The van der Waals surface area contributed by atoms with Crippen molar-refractivity contribution in [2.24, 2.45) is 11.7 Å². The quantitative estimate of drug-likeness (QED) is 0.487. The maximum absolute atomic E-state index is 11.7. The number of carboxylic acid groups (broad SMARTS) is 1. The summed E-state index contributed by atoms with van der Waals surface area (Å²) in [6.45, 7) is 4.73. The second kappa shape index (κ2) is 6.93. The SMILES string of the molecule is COCC(NC(=O)NC(C)(C(N)=O)C(C)C)C(=O)O. The number of nitrogens with two attached hydrogens (primary N) is 1. The molecule has 0 saturated heterocycles. The van der Waals surface area contributed by atoms with Gasteiger partial charge < -0.3 is 26.2 Å². The van der Waals surface area contributed by atoms with E-state index in [0.29, 0.717) is 0 Å². The second-order valence-corrected chi connectivity index (χ2v) is 4.67. The average Bonchev–Trinajstić information content (AvgIpc) is 2.27. The Morgan fingerprint density at radius 2 is 1.89 bits per heavy atom. The largest absolute Gasteiger partial charge is 0.480 e. The minimum absolute atomic E-state index is 0.183. The van der Waals surface area contributed by atoms with Gasteiger partial charge >= 0.3 is 12.0 Å². The lowest BCUT2D eigenvalue weighted by molar-refractivity contribution is -0.140. The summed E-state index contributed by atoms with van der Waals surface area (Å²) in [5.74, 6) is -2.18. The Morgan fingerprint density at radius 3 is 2.21 bits per heavy atom. The van der Waals surface area contributed by atoms with Crippen LogP contribution in [0.25, 0.3) is 0 Å². The van der Waals surface area contributed by atoms with Crippen LogP contribution >= 0.6 is 0 Å². The Labute approximate surface area is 111 Å². The number of nitrogens with one attached hydrogen (secondary N) is 2. The van der Waals surface area contributed by atoms with Gasteiger partial charge in [0.25, 0.3) is 0 Å². The molecule has 0 bridgehead atoms. The first-order valence-electron chi connectivity index (χ1n) is 5.75. The number of carboxylic acids is 1. The van der Waals surface area contributed by atoms with Crippen molar-refractivity contribution in [1.82, 2.24) is 10.6 Å². The van der Waals surface area contributed by atoms with Crippen LogP contribution in [0.15, 0.2) is 0 Å². The van der Waals surface area contributed by atoms with E-state index < -0.39 is 29.5 Å². The molecule has 5 N–H and O–H groups in total. The molecule has 8 heteroatoms. The molecule has 0 rings (SSSR count). The predicted molar refractivity (Wildman–Crippen MR) is 67.4 cm³/mol. The fourth-order valence-corrected chi connectivity index (χ4v) is 1.26. The molecule has 2 atom stereocenters. The lowest BCUT2D eigenvalue weighted by Crippen LogP contribution is -2.62. The molecular formula is C11H21N3O5. The Bertz CT molecular complexity index is 358. The first-order valence-corrected chi connectivity index (χ1v) is 5.75. The topological polar surface area (TPSA) is 131 Å². The number of amides is 3. The molecule has 2 unspecified atom stereocenters. The van der Waals surface area contributed by atoms with Crippen LogP contribution in [0.4, 0.5) is 4.79 Å². The van der Waals surface area contributed by atoms with Crippen LogP contribution in [0.3, 0.4) is 0 Å². The van der Waals surface area contributed by atoms with Crippen LogP contribution in [0.2, 0.25) is 0 Å². The van der Waals surface area contributed by atoms with Gasteiger partial charge in [-0.3, -0.25) is 4.79 Å². The van der Waals surface area contributed by atoms with E-state index in [-0.39, 0.29) is 12.5 Å². The Morgan fingerprint density at radius 1 is 1.37 bits per heavy atom. The molecule has 0 radical (unpaired) electrons. The van der Waals surface area contributed by atoms with Crippen molar-refractivity contribution in [1.29, 1.82) is 0 Å². The van der Waals surface area contributed by atoms with Gasteiger partial charge in [0.05, 0.1) is 6.61 Å². The van der Waals surface area contributed by atoms with E-state index in [9.17, 15) is 14.4 Å². The van der Waals surface area contributed by atoms with Crippen LogP contribution in [0.1, 0.15) is 20.8 Å². The fourth-order valence-electron chi connectivity index (χ4n) is 1.26. The molecule has 0 aromatic carbocycles. The number of ether oxygens (including phenoxy) is 1. The van der Waals surface area contributed by atoms with E-state index in [4.69, 9.17) is 10.8 Å². The summed E-state index contributed by atoms with van der Waals surface area (Å²) in [6.07, 6.45) is 0. The van der Waals surface area contributed by atoms with Gasteiger partial charge in [-0.05, 0) is 12.8 Å². The zero-order chi connectivity index (χ0) is 15.2. The molecule has 8 nitrogen and oxygen atoms in total. The molecule has 110 valence electrons. The molecule has 0 heterocycles. The molecule has 0 aromatic rings. The van der Waals surface area contributed by atoms with E-state index in [1.54, 1.807) is 13.8 Å². The summed E-state index contributed by atoms with van der Waals surface area (Å²) >= 11 is 0. The van der Waals surface area contributed by atoms with Crippen molar-refractivity contribution in [3.8, 4) is 0 Å². The maximum atomic E-state index is 11.7. The molecule has 0 fully saturated rings. The molecule has 0 spiro atoms. The molecule has 3 amide bonds. The van der Waals surface area contributed by atoms with Gasteiger partial charge in [0.15, 0.2) is 6.04 Å². The highest BCUT2D eigenvalue weighted by atomic mass is 16.5. The number of hydrogen-bond donors (Lipinski definition) is 4. The van der Waals surface area contributed by atoms with Crippen molar-refractivity contribution in [2.45, 2.75) is 32.4 Å². The number of hydrogen-bond acceptors (Lipinski definition) is 4. The number of rotatable bonds is 7. The molecule has 0 aliphatic rings. The Balaban J connectivity index is 4.75. The monoisotopic (exact) mass is 275 g/mol. The standard InChI is InChI=1S/C11H21N3O5/c1-6(2)11(3,9(12)17)14-10(18)13-7(5-19-4)8(15)16/h6-7H,5H2,1-4H3,(H2,12,17)(H,15,16)(H2,13,14,18). The van der Waals surface area contributed by atoms with E-state index in [0.717, 1.165) is 0 Å². The predicted octanol–water partition coefficient (Wildman–Crippen LogP) is -0.715. The van der Waals surface area contributed by atoms with Crippen LogP contribution < -0.4 is 16.4 Å². The first-order chi connectivity index (χ1) is 8.65. The average molecular weight is 275 g/mol. The van der Waals surface area contributed by atoms with Gasteiger partial charge in [-0.2, -0.15) is 0 Å². The number of methoxy groups -OCH3 is 1. The number of primary amides is 1. The lowest BCUT2D eigenvalue weighted by Gasteiger charge is -2.31. The van der Waals surface area contributed by atoms with Gasteiger partial charge in [-0.1, -0.05) is 13.8 Å². The number of carbonyl (C=O) groups is 3. The third kappa shape index (κ3) is 4.74. The molecule has 0 aliphatic carbocycles. The number of urea groups is 1. The zero-order valence-corrected chi connectivity index (χ0v) is 11.5. The minimum atomic E-state index is -1.26. The van der Waals surface area contributed by atoms with Gasteiger partial charge in [-0.15, -0.1) is 0 Å². The number of aliphatic carboxylic acids is 1. The van der Waals surface area contributed by atoms with E-state index in [1.807, 2.05) is 0 Å². The van der Waals surface area contributed by atoms with Gasteiger partial charge in [0.1, 0.15) is 5.54 Å². The Hall–Kier alpha value is -1.83. The molecule has 0 aromatic heterocycles. The maximum Gasteiger partial charge on any atom is 0.328 e. The minimum Gasteiger partial charge on any atom is -0.480 e. The van der Waals surface area contributed by atoms with E-state index in [2.05, 4.69) is 15.4 Å². The summed E-state index contributed by atoms with van der Waals surface area (Å²) in [5, 5.41) is 13.4. The molecule has 19 heavy (non-hydrogen) atoms. The summed E-state index contributed by atoms with van der Waals surface area (Å²) < 4.78 is 4.68. The smallest absolute Gasteiger partial charge is 0.328 e. The van der Waals surface area contributed by atoms with Crippen LogP contribution in [-0.4, -0.2) is 48.3 Å².